The van der Waals surface area contributed by atoms with Crippen LogP contribution >= 0.6 is 0 Å². The van der Waals surface area contributed by atoms with Gasteiger partial charge in [-0.05, 0) is 46.1 Å². The summed E-state index contributed by atoms with van der Waals surface area (Å²) in [6.45, 7) is 4.71. The van der Waals surface area contributed by atoms with Crippen LogP contribution in [0.5, 0.6) is 0 Å². The first kappa shape index (κ1) is 16.8. The number of halogens is 3. The molecule has 2 N–H and O–H groups in total. The molecule has 2 nitrogen and oxygen atoms in total. The quantitative estimate of drug-likeness (QED) is 0.834. The number of hydrogen-bond donors (Lipinski definition) is 1. The van der Waals surface area contributed by atoms with E-state index in [1.165, 1.54) is 0 Å². The summed E-state index contributed by atoms with van der Waals surface area (Å²) in [6.07, 6.45) is -0.378. The summed E-state index contributed by atoms with van der Waals surface area (Å²) in [4.78, 5) is 2.23. The molecule has 5 heteroatoms. The van der Waals surface area contributed by atoms with Gasteiger partial charge in [-0.2, -0.15) is 13.2 Å². The average Bonchev–Trinajstić information content (AvgIpc) is 2.37. The van der Waals surface area contributed by atoms with Crippen LogP contribution in [0, 0.1) is 5.92 Å². The largest absolute Gasteiger partial charge is 0.391 e. The zero-order valence-corrected chi connectivity index (χ0v) is 12.3. The van der Waals surface area contributed by atoms with E-state index in [1.807, 2.05) is 7.05 Å². The van der Waals surface area contributed by atoms with E-state index in [4.69, 9.17) is 5.73 Å². The van der Waals surface area contributed by atoms with Gasteiger partial charge in [0.25, 0.3) is 0 Å². The molecule has 0 saturated heterocycles. The summed E-state index contributed by atoms with van der Waals surface area (Å²) < 4.78 is 38.2. The lowest BCUT2D eigenvalue weighted by molar-refractivity contribution is -0.188. The van der Waals surface area contributed by atoms with E-state index in [9.17, 15) is 13.2 Å². The summed E-state index contributed by atoms with van der Waals surface area (Å²) in [5, 5.41) is 0. The number of alkyl halides is 3. The van der Waals surface area contributed by atoms with Gasteiger partial charge in [0, 0.05) is 18.1 Å². The lowest BCUT2D eigenvalue weighted by atomic mass is 9.74. The van der Waals surface area contributed by atoms with Crippen LogP contribution in [0.4, 0.5) is 13.2 Å². The number of hydrogen-bond acceptors (Lipinski definition) is 2. The molecule has 1 atom stereocenters. The lowest BCUT2D eigenvalue weighted by Crippen LogP contribution is -2.57. The fourth-order valence-electron chi connectivity index (χ4n) is 3.26. The number of nitrogens with two attached hydrogens (primary N) is 1. The van der Waals surface area contributed by atoms with Gasteiger partial charge in [-0.1, -0.05) is 13.3 Å². The van der Waals surface area contributed by atoms with Gasteiger partial charge >= 0.3 is 6.18 Å². The molecule has 1 rings (SSSR count). The highest BCUT2D eigenvalue weighted by atomic mass is 19.4. The van der Waals surface area contributed by atoms with E-state index >= 15 is 0 Å². The molecule has 0 amide bonds. The van der Waals surface area contributed by atoms with Crippen molar-refractivity contribution in [3.8, 4) is 0 Å². The SMILES string of the molecule is CCCC(C)N(C)C1(CN)CCC(C(F)(F)F)CC1. The highest BCUT2D eigenvalue weighted by Crippen LogP contribution is 2.43. The van der Waals surface area contributed by atoms with Crippen molar-refractivity contribution in [3.05, 3.63) is 0 Å². The second-order valence-corrected chi connectivity index (χ2v) is 5.99. The van der Waals surface area contributed by atoms with Gasteiger partial charge < -0.3 is 5.73 Å². The Morgan fingerprint density at radius 3 is 2.21 bits per heavy atom. The Labute approximate surface area is 114 Å². The zero-order chi connectivity index (χ0) is 14.7. The third-order valence-corrected chi connectivity index (χ3v) is 4.87. The molecule has 1 unspecified atom stereocenters. The molecule has 0 aliphatic heterocycles. The first-order valence-corrected chi connectivity index (χ1v) is 7.26. The van der Waals surface area contributed by atoms with Gasteiger partial charge in [-0.3, -0.25) is 4.90 Å². The van der Waals surface area contributed by atoms with Crippen LogP contribution in [0.25, 0.3) is 0 Å². The average molecular weight is 280 g/mol. The van der Waals surface area contributed by atoms with Gasteiger partial charge in [-0.25, -0.2) is 0 Å². The first-order valence-electron chi connectivity index (χ1n) is 7.26. The normalized spacial score (nSPS) is 30.6. The van der Waals surface area contributed by atoms with E-state index in [2.05, 4.69) is 18.7 Å². The number of likely N-dealkylation sites (N-methyl/N-ethyl adjacent to an activating group) is 1. The van der Waals surface area contributed by atoms with Crippen molar-refractivity contribution in [3.63, 3.8) is 0 Å². The van der Waals surface area contributed by atoms with Crippen LogP contribution in [0.15, 0.2) is 0 Å². The molecule has 0 radical (unpaired) electrons. The molecule has 1 saturated carbocycles. The van der Waals surface area contributed by atoms with Gasteiger partial charge in [0.05, 0.1) is 5.92 Å². The molecular formula is C14H27F3N2. The Hall–Kier alpha value is -0.290. The molecule has 0 bridgehead atoms. The third-order valence-electron chi connectivity index (χ3n) is 4.87. The summed E-state index contributed by atoms with van der Waals surface area (Å²) in [7, 11) is 2.01. The maximum Gasteiger partial charge on any atom is 0.391 e. The number of nitrogens with zero attached hydrogens (tertiary/aromatic N) is 1. The predicted octanol–water partition coefficient (Wildman–Crippen LogP) is 3.56. The smallest absolute Gasteiger partial charge is 0.329 e. The molecule has 0 aromatic carbocycles. The minimum atomic E-state index is -4.05. The Morgan fingerprint density at radius 1 is 1.32 bits per heavy atom. The minimum absolute atomic E-state index is 0.212. The fourth-order valence-corrected chi connectivity index (χ4v) is 3.26. The maximum absolute atomic E-state index is 12.7. The molecule has 1 fully saturated rings. The molecule has 1 aliphatic carbocycles. The topological polar surface area (TPSA) is 29.3 Å². The van der Waals surface area contributed by atoms with Crippen molar-refractivity contribution < 1.29 is 13.2 Å². The van der Waals surface area contributed by atoms with E-state index in [-0.39, 0.29) is 18.4 Å². The van der Waals surface area contributed by atoms with E-state index in [1.54, 1.807) is 0 Å². The molecule has 114 valence electrons. The van der Waals surface area contributed by atoms with Crippen molar-refractivity contribution in [2.75, 3.05) is 13.6 Å². The van der Waals surface area contributed by atoms with Gasteiger partial charge in [0.15, 0.2) is 0 Å². The predicted molar refractivity (Wildman–Crippen MR) is 71.9 cm³/mol. The first-order chi connectivity index (χ1) is 8.77. The van der Waals surface area contributed by atoms with Crippen molar-refractivity contribution in [2.45, 2.75) is 70.1 Å². The molecule has 0 heterocycles. The van der Waals surface area contributed by atoms with Gasteiger partial charge in [0.1, 0.15) is 0 Å². The lowest BCUT2D eigenvalue weighted by Gasteiger charge is -2.48. The maximum atomic E-state index is 12.7. The fraction of sp³-hybridized carbons (Fsp3) is 1.00. The Bertz CT molecular complexity index is 270. The van der Waals surface area contributed by atoms with E-state index < -0.39 is 12.1 Å². The number of rotatable bonds is 5. The van der Waals surface area contributed by atoms with E-state index in [0.717, 1.165) is 12.8 Å². The van der Waals surface area contributed by atoms with Crippen LogP contribution in [-0.4, -0.2) is 36.2 Å². The van der Waals surface area contributed by atoms with Crippen LogP contribution in [0.3, 0.4) is 0 Å². The Kier molecular flexibility index (Phi) is 5.68. The summed E-state index contributed by atoms with van der Waals surface area (Å²) in [6, 6.07) is 0.371. The van der Waals surface area contributed by atoms with Crippen LogP contribution < -0.4 is 5.73 Å². The summed E-state index contributed by atoms with van der Waals surface area (Å²) in [5.41, 5.74) is 5.66. The van der Waals surface area contributed by atoms with Crippen LogP contribution in [0.1, 0.15) is 52.4 Å². The van der Waals surface area contributed by atoms with Crippen molar-refractivity contribution in [1.82, 2.24) is 4.90 Å². The molecule has 0 aromatic heterocycles. The summed E-state index contributed by atoms with van der Waals surface area (Å²) in [5.74, 6) is -1.14. The van der Waals surface area contributed by atoms with Crippen molar-refractivity contribution in [2.24, 2.45) is 11.7 Å². The van der Waals surface area contributed by atoms with Crippen molar-refractivity contribution >= 4 is 0 Å². The minimum Gasteiger partial charge on any atom is -0.329 e. The second-order valence-electron chi connectivity index (χ2n) is 5.99. The monoisotopic (exact) mass is 280 g/mol. The molecule has 0 spiro atoms. The standard InChI is InChI=1S/C14H27F3N2/c1-4-5-11(2)19(3)13(10-18)8-6-12(7-9-13)14(15,16)17/h11-12H,4-10,18H2,1-3H3. The van der Waals surface area contributed by atoms with Crippen LogP contribution in [-0.2, 0) is 0 Å². The van der Waals surface area contributed by atoms with Gasteiger partial charge in [0.2, 0.25) is 0 Å². The molecule has 19 heavy (non-hydrogen) atoms. The highest BCUT2D eigenvalue weighted by molar-refractivity contribution is 4.97. The molecule has 0 aromatic rings. The Balaban J connectivity index is 2.69. The summed E-state index contributed by atoms with van der Waals surface area (Å²) >= 11 is 0. The zero-order valence-electron chi connectivity index (χ0n) is 12.3. The van der Waals surface area contributed by atoms with E-state index in [0.29, 0.717) is 25.4 Å². The van der Waals surface area contributed by atoms with Crippen LogP contribution in [0.2, 0.25) is 0 Å². The third kappa shape index (κ3) is 3.85. The Morgan fingerprint density at radius 2 is 1.84 bits per heavy atom. The second kappa shape index (κ2) is 6.44. The van der Waals surface area contributed by atoms with Gasteiger partial charge in [-0.15, -0.1) is 0 Å². The molecule has 1 aliphatic rings. The van der Waals surface area contributed by atoms with Crippen molar-refractivity contribution in [1.29, 1.82) is 0 Å². The molecular weight excluding hydrogens is 253 g/mol. The highest BCUT2D eigenvalue weighted by Gasteiger charge is 2.47.